The number of hydrogen-bond acceptors (Lipinski definition) is 3. The Balaban J connectivity index is 2.27. The fourth-order valence-electron chi connectivity index (χ4n) is 1.83. The Hall–Kier alpha value is -2.49. The van der Waals surface area contributed by atoms with Gasteiger partial charge in [0.25, 0.3) is 5.56 Å². The summed E-state index contributed by atoms with van der Waals surface area (Å²) in [6, 6.07) is 11.0. The number of nitrogens with zero attached hydrogens (tertiary/aromatic N) is 3. The molecule has 0 bridgehead atoms. The van der Waals surface area contributed by atoms with Gasteiger partial charge in [0.05, 0.1) is 10.9 Å². The molecule has 2 heterocycles. The second-order valence-corrected chi connectivity index (χ2v) is 4.13. The second kappa shape index (κ2) is 4.07. The molecule has 0 aliphatic heterocycles. The van der Waals surface area contributed by atoms with Crippen LogP contribution in [0.1, 0.15) is 5.56 Å². The number of hydrogen-bond donors (Lipinski definition) is 0. The fourth-order valence-corrected chi connectivity index (χ4v) is 1.83. The van der Waals surface area contributed by atoms with Crippen LogP contribution in [0.25, 0.3) is 16.7 Å². The molecule has 0 aliphatic carbocycles. The van der Waals surface area contributed by atoms with Crippen LogP contribution in [0.4, 0.5) is 0 Å². The molecule has 0 radical (unpaired) electrons. The Labute approximate surface area is 104 Å². The van der Waals surface area contributed by atoms with Crippen LogP contribution in [0.5, 0.6) is 0 Å². The van der Waals surface area contributed by atoms with Crippen molar-refractivity contribution in [2.75, 3.05) is 0 Å². The topological polar surface area (TPSA) is 47.8 Å². The molecule has 0 amide bonds. The van der Waals surface area contributed by atoms with Crippen LogP contribution in [0, 0.1) is 6.92 Å². The van der Waals surface area contributed by atoms with E-state index in [1.54, 1.807) is 12.3 Å². The molecule has 0 spiro atoms. The number of para-hydroxylation sites is 1. The minimum Gasteiger partial charge on any atom is -0.268 e. The monoisotopic (exact) mass is 237 g/mol. The van der Waals surface area contributed by atoms with Crippen molar-refractivity contribution in [3.05, 3.63) is 64.8 Å². The van der Waals surface area contributed by atoms with Crippen molar-refractivity contribution >= 4 is 10.9 Å². The van der Waals surface area contributed by atoms with E-state index in [1.807, 2.05) is 37.3 Å². The smallest absolute Gasteiger partial charge is 0.266 e. The first-order valence-corrected chi connectivity index (χ1v) is 5.65. The Kier molecular flexibility index (Phi) is 2.41. The zero-order valence-electron chi connectivity index (χ0n) is 9.87. The van der Waals surface area contributed by atoms with Crippen LogP contribution in [0.15, 0.2) is 53.7 Å². The normalized spacial score (nSPS) is 10.7. The van der Waals surface area contributed by atoms with E-state index in [1.165, 1.54) is 10.9 Å². The van der Waals surface area contributed by atoms with Gasteiger partial charge in [-0.25, -0.2) is 9.97 Å². The first kappa shape index (κ1) is 10.7. The number of aromatic nitrogens is 3. The summed E-state index contributed by atoms with van der Waals surface area (Å²) in [4.78, 5) is 20.8. The molecule has 2 aromatic heterocycles. The SMILES string of the molecule is Cc1ccc(-n2cnc3ccccc3c2=O)nc1. The minimum atomic E-state index is -0.100. The lowest BCUT2D eigenvalue weighted by molar-refractivity contribution is 0.918. The van der Waals surface area contributed by atoms with E-state index >= 15 is 0 Å². The van der Waals surface area contributed by atoms with Crippen molar-refractivity contribution in [3.63, 3.8) is 0 Å². The average molecular weight is 237 g/mol. The largest absolute Gasteiger partial charge is 0.268 e. The Morgan fingerprint density at radius 2 is 1.89 bits per heavy atom. The molecule has 0 fully saturated rings. The van der Waals surface area contributed by atoms with Crippen LogP contribution in [-0.4, -0.2) is 14.5 Å². The van der Waals surface area contributed by atoms with Crippen LogP contribution < -0.4 is 5.56 Å². The van der Waals surface area contributed by atoms with Crippen LogP contribution in [0.2, 0.25) is 0 Å². The Morgan fingerprint density at radius 3 is 2.67 bits per heavy atom. The molecule has 0 unspecified atom stereocenters. The zero-order chi connectivity index (χ0) is 12.5. The van der Waals surface area contributed by atoms with Crippen molar-refractivity contribution < 1.29 is 0 Å². The molecule has 0 N–H and O–H groups in total. The molecular formula is C14H11N3O. The highest BCUT2D eigenvalue weighted by Gasteiger charge is 2.05. The first-order valence-electron chi connectivity index (χ1n) is 5.65. The highest BCUT2D eigenvalue weighted by Crippen LogP contribution is 2.07. The van der Waals surface area contributed by atoms with Gasteiger partial charge in [-0.15, -0.1) is 0 Å². The van der Waals surface area contributed by atoms with Gasteiger partial charge in [0.1, 0.15) is 12.1 Å². The molecular weight excluding hydrogens is 226 g/mol. The van der Waals surface area contributed by atoms with Crippen LogP contribution >= 0.6 is 0 Å². The maximum atomic E-state index is 12.3. The summed E-state index contributed by atoms with van der Waals surface area (Å²) in [7, 11) is 0. The minimum absolute atomic E-state index is 0.100. The van der Waals surface area contributed by atoms with Crippen molar-refractivity contribution in [2.24, 2.45) is 0 Å². The van der Waals surface area contributed by atoms with E-state index in [0.717, 1.165) is 5.56 Å². The molecule has 0 saturated carbocycles. The quantitative estimate of drug-likeness (QED) is 0.651. The van der Waals surface area contributed by atoms with E-state index in [0.29, 0.717) is 16.7 Å². The predicted molar refractivity (Wildman–Crippen MR) is 69.9 cm³/mol. The van der Waals surface area contributed by atoms with E-state index in [-0.39, 0.29) is 5.56 Å². The lowest BCUT2D eigenvalue weighted by Crippen LogP contribution is -2.19. The highest BCUT2D eigenvalue weighted by atomic mass is 16.1. The van der Waals surface area contributed by atoms with Gasteiger partial charge in [0.15, 0.2) is 0 Å². The molecule has 0 aliphatic rings. The summed E-state index contributed by atoms with van der Waals surface area (Å²) in [5.41, 5.74) is 1.66. The van der Waals surface area contributed by atoms with Gasteiger partial charge in [-0.3, -0.25) is 9.36 Å². The summed E-state index contributed by atoms with van der Waals surface area (Å²) >= 11 is 0. The molecule has 3 aromatic rings. The molecule has 18 heavy (non-hydrogen) atoms. The number of rotatable bonds is 1. The van der Waals surface area contributed by atoms with Gasteiger partial charge in [-0.1, -0.05) is 18.2 Å². The van der Waals surface area contributed by atoms with Gasteiger partial charge in [-0.05, 0) is 30.7 Å². The summed E-state index contributed by atoms with van der Waals surface area (Å²) in [6.07, 6.45) is 3.25. The maximum absolute atomic E-state index is 12.3. The summed E-state index contributed by atoms with van der Waals surface area (Å²) < 4.78 is 1.46. The van der Waals surface area contributed by atoms with Gasteiger partial charge in [0.2, 0.25) is 0 Å². The molecule has 3 rings (SSSR count). The molecule has 4 heteroatoms. The summed E-state index contributed by atoms with van der Waals surface area (Å²) in [6.45, 7) is 1.96. The Morgan fingerprint density at radius 1 is 1.06 bits per heavy atom. The first-order chi connectivity index (χ1) is 8.75. The van der Waals surface area contributed by atoms with Crippen LogP contribution in [0.3, 0.4) is 0 Å². The van der Waals surface area contributed by atoms with Gasteiger partial charge in [-0.2, -0.15) is 0 Å². The maximum Gasteiger partial charge on any atom is 0.266 e. The zero-order valence-corrected chi connectivity index (χ0v) is 9.87. The summed E-state index contributed by atoms with van der Waals surface area (Å²) in [5.74, 6) is 0.587. The van der Waals surface area contributed by atoms with Gasteiger partial charge in [0, 0.05) is 6.20 Å². The standard InChI is InChI=1S/C14H11N3O/c1-10-6-7-13(15-8-10)17-9-16-12-5-3-2-4-11(12)14(17)18/h2-9H,1H3. The Bertz CT molecular complexity index is 760. The van der Waals surface area contributed by atoms with E-state index < -0.39 is 0 Å². The number of pyridine rings is 1. The van der Waals surface area contributed by atoms with Crippen molar-refractivity contribution in [2.45, 2.75) is 6.92 Å². The lowest BCUT2D eigenvalue weighted by atomic mass is 10.2. The van der Waals surface area contributed by atoms with Gasteiger partial charge >= 0.3 is 0 Å². The molecule has 88 valence electrons. The van der Waals surface area contributed by atoms with E-state index in [4.69, 9.17) is 0 Å². The number of aryl methyl sites for hydroxylation is 1. The number of fused-ring (bicyclic) bond motifs is 1. The predicted octanol–water partition coefficient (Wildman–Crippen LogP) is 2.09. The van der Waals surface area contributed by atoms with Crippen molar-refractivity contribution in [1.29, 1.82) is 0 Å². The van der Waals surface area contributed by atoms with E-state index in [9.17, 15) is 4.79 Å². The van der Waals surface area contributed by atoms with Crippen molar-refractivity contribution in [3.8, 4) is 5.82 Å². The number of benzene rings is 1. The van der Waals surface area contributed by atoms with Gasteiger partial charge < -0.3 is 0 Å². The van der Waals surface area contributed by atoms with Crippen molar-refractivity contribution in [1.82, 2.24) is 14.5 Å². The third-order valence-electron chi connectivity index (χ3n) is 2.81. The second-order valence-electron chi connectivity index (χ2n) is 4.13. The molecule has 0 saturated heterocycles. The highest BCUT2D eigenvalue weighted by molar-refractivity contribution is 5.77. The average Bonchev–Trinajstić information content (AvgIpc) is 2.41. The third kappa shape index (κ3) is 1.68. The van der Waals surface area contributed by atoms with E-state index in [2.05, 4.69) is 9.97 Å². The van der Waals surface area contributed by atoms with Crippen LogP contribution in [-0.2, 0) is 0 Å². The molecule has 4 nitrogen and oxygen atoms in total. The third-order valence-corrected chi connectivity index (χ3v) is 2.81. The fraction of sp³-hybridized carbons (Fsp3) is 0.0714. The molecule has 1 aromatic carbocycles. The lowest BCUT2D eigenvalue weighted by Gasteiger charge is -2.05. The molecule has 0 atom stereocenters. The summed E-state index contributed by atoms with van der Waals surface area (Å²) in [5, 5.41) is 0.599.